The number of aromatic nitrogens is 2. The molecule has 0 aliphatic heterocycles. The van der Waals surface area contributed by atoms with Crippen LogP contribution in [-0.2, 0) is 15.0 Å². The Bertz CT molecular complexity index is 1220. The summed E-state index contributed by atoms with van der Waals surface area (Å²) in [6.45, 7) is 5.68. The van der Waals surface area contributed by atoms with Crippen LogP contribution in [0.25, 0.3) is 0 Å². The lowest BCUT2D eigenvalue weighted by Crippen LogP contribution is -2.60. The number of primary amides is 1. The summed E-state index contributed by atoms with van der Waals surface area (Å²) < 4.78 is 0. The Labute approximate surface area is 218 Å². The molecule has 0 saturated heterocycles. The zero-order chi connectivity index (χ0) is 25.9. The first-order valence-electron chi connectivity index (χ1n) is 13.7. The molecule has 196 valence electrons. The lowest BCUT2D eigenvalue weighted by Gasteiger charge is -2.59. The fourth-order valence-corrected chi connectivity index (χ4v) is 7.17. The van der Waals surface area contributed by atoms with Crippen molar-refractivity contribution in [3.63, 3.8) is 0 Å². The summed E-state index contributed by atoms with van der Waals surface area (Å²) in [4.78, 5) is 34.5. The highest BCUT2D eigenvalue weighted by Crippen LogP contribution is 2.60. The van der Waals surface area contributed by atoms with E-state index in [-0.39, 0.29) is 11.3 Å². The van der Waals surface area contributed by atoms with Crippen LogP contribution in [0, 0.1) is 30.1 Å². The van der Waals surface area contributed by atoms with Crippen LogP contribution in [0.3, 0.4) is 0 Å². The fourth-order valence-electron chi connectivity index (χ4n) is 7.17. The Balaban J connectivity index is 1.18. The van der Waals surface area contributed by atoms with Crippen molar-refractivity contribution < 1.29 is 9.59 Å². The van der Waals surface area contributed by atoms with Crippen molar-refractivity contribution >= 4 is 29.3 Å². The Morgan fingerprint density at radius 1 is 1.11 bits per heavy atom. The molecule has 2 atom stereocenters. The van der Waals surface area contributed by atoms with Gasteiger partial charge in [0.1, 0.15) is 5.82 Å². The highest BCUT2D eigenvalue weighted by Gasteiger charge is 2.58. The largest absolute Gasteiger partial charge is 0.369 e. The van der Waals surface area contributed by atoms with E-state index < -0.39 is 5.41 Å². The normalized spacial score (nSPS) is 30.1. The highest BCUT2D eigenvalue weighted by atomic mass is 16.2. The predicted octanol–water partition coefficient (Wildman–Crippen LogP) is 4.18. The molecule has 5 N–H and O–H groups in total. The molecule has 2 unspecified atom stereocenters. The summed E-state index contributed by atoms with van der Waals surface area (Å²) in [6.07, 6.45) is 9.54. The maximum atomic E-state index is 13.2. The van der Waals surface area contributed by atoms with Crippen molar-refractivity contribution in [1.29, 1.82) is 0 Å². The lowest BCUT2D eigenvalue weighted by molar-refractivity contribution is -0.147. The molecule has 0 radical (unpaired) electrons. The van der Waals surface area contributed by atoms with E-state index in [1.54, 1.807) is 0 Å². The second-order valence-electron chi connectivity index (χ2n) is 12.6. The van der Waals surface area contributed by atoms with E-state index >= 15 is 0 Å². The molecule has 4 bridgehead atoms. The first-order valence-corrected chi connectivity index (χ1v) is 13.7. The van der Waals surface area contributed by atoms with Gasteiger partial charge in [0.25, 0.3) is 0 Å². The zero-order valence-corrected chi connectivity index (χ0v) is 22.0. The van der Waals surface area contributed by atoms with Gasteiger partial charge in [-0.15, -0.1) is 0 Å². The van der Waals surface area contributed by atoms with Gasteiger partial charge in [0.2, 0.25) is 17.8 Å². The molecule has 37 heavy (non-hydrogen) atoms. The minimum absolute atomic E-state index is 0.158. The van der Waals surface area contributed by atoms with Crippen molar-refractivity contribution in [3.05, 3.63) is 41.6 Å². The molecule has 2 aromatic rings. The number of anilines is 3. The topological polar surface area (TPSA) is 122 Å². The number of rotatable bonds is 8. The number of amides is 2. The number of carbonyl (C=O) groups excluding carboxylic acids is 2. The van der Waals surface area contributed by atoms with Crippen molar-refractivity contribution in [2.45, 2.75) is 83.2 Å². The van der Waals surface area contributed by atoms with E-state index in [4.69, 9.17) is 10.7 Å². The smallest absolute Gasteiger partial charge is 0.229 e. The lowest BCUT2D eigenvalue weighted by atomic mass is 9.47. The van der Waals surface area contributed by atoms with Gasteiger partial charge in [-0.3, -0.25) is 9.59 Å². The van der Waals surface area contributed by atoms with Gasteiger partial charge in [-0.2, -0.15) is 4.98 Å². The monoisotopic (exact) mass is 502 g/mol. The fraction of sp³-hybridized carbons (Fsp3) is 0.586. The van der Waals surface area contributed by atoms with E-state index in [0.717, 1.165) is 54.7 Å². The van der Waals surface area contributed by atoms with Crippen molar-refractivity contribution in [1.82, 2.24) is 15.3 Å². The minimum Gasteiger partial charge on any atom is -0.369 e. The molecule has 1 aromatic carbocycles. The number of hydrogen-bond donors (Lipinski definition) is 4. The number of nitrogens with zero attached hydrogens (tertiary/aromatic N) is 2. The van der Waals surface area contributed by atoms with Gasteiger partial charge in [0.15, 0.2) is 0 Å². The molecule has 1 heterocycles. The Morgan fingerprint density at radius 3 is 2.51 bits per heavy atom. The first kappa shape index (κ1) is 24.2. The maximum Gasteiger partial charge on any atom is 0.229 e. The Morgan fingerprint density at radius 2 is 1.84 bits per heavy atom. The summed E-state index contributed by atoms with van der Waals surface area (Å²) in [6, 6.07) is 8.42. The zero-order valence-electron chi connectivity index (χ0n) is 22.0. The molecule has 7 rings (SSSR count). The van der Waals surface area contributed by atoms with E-state index in [0.29, 0.717) is 41.7 Å². The SMILES string of the molecule is Cc1cnc(Nc2cccc(C(C)(C)C(N)=O)c2)nc1N[C@H]1C2CC3CC1C[C@@](C(=O)NC1CC1)(C3)C2. The molecule has 5 fully saturated rings. The molecule has 0 spiro atoms. The molecule has 5 aliphatic rings. The predicted molar refractivity (Wildman–Crippen MR) is 143 cm³/mol. The Kier molecular flexibility index (Phi) is 5.69. The third kappa shape index (κ3) is 4.44. The van der Waals surface area contributed by atoms with E-state index in [9.17, 15) is 9.59 Å². The van der Waals surface area contributed by atoms with Crippen LogP contribution in [0.5, 0.6) is 0 Å². The van der Waals surface area contributed by atoms with E-state index in [1.165, 1.54) is 12.8 Å². The number of benzene rings is 1. The maximum absolute atomic E-state index is 13.2. The van der Waals surface area contributed by atoms with Gasteiger partial charge in [-0.25, -0.2) is 4.98 Å². The molecular weight excluding hydrogens is 464 g/mol. The van der Waals surface area contributed by atoms with Gasteiger partial charge in [-0.05, 0) is 101 Å². The second-order valence-corrected chi connectivity index (χ2v) is 12.6. The van der Waals surface area contributed by atoms with Gasteiger partial charge >= 0.3 is 0 Å². The molecule has 8 nitrogen and oxygen atoms in total. The van der Waals surface area contributed by atoms with Crippen LogP contribution in [0.15, 0.2) is 30.5 Å². The van der Waals surface area contributed by atoms with Crippen molar-refractivity contribution in [2.75, 3.05) is 10.6 Å². The highest BCUT2D eigenvalue weighted by molar-refractivity contribution is 5.86. The number of nitrogens with one attached hydrogen (secondary N) is 3. The summed E-state index contributed by atoms with van der Waals surface area (Å²) >= 11 is 0. The molecule has 8 heteroatoms. The molecule has 5 saturated carbocycles. The van der Waals surface area contributed by atoms with Crippen LogP contribution >= 0.6 is 0 Å². The summed E-state index contributed by atoms with van der Waals surface area (Å²) in [5.41, 5.74) is 7.33. The minimum atomic E-state index is -0.773. The quantitative estimate of drug-likeness (QED) is 0.430. The summed E-state index contributed by atoms with van der Waals surface area (Å²) in [5.74, 6) is 2.96. The number of hydrogen-bond acceptors (Lipinski definition) is 6. The van der Waals surface area contributed by atoms with Crippen molar-refractivity contribution in [3.8, 4) is 0 Å². The average Bonchev–Trinajstić information content (AvgIpc) is 3.67. The van der Waals surface area contributed by atoms with E-state index in [2.05, 4.69) is 20.9 Å². The number of aryl methyl sites for hydroxylation is 1. The molecule has 1 aromatic heterocycles. The third-order valence-corrected chi connectivity index (χ3v) is 9.40. The molecule has 5 aliphatic carbocycles. The van der Waals surface area contributed by atoms with Crippen LogP contribution in [0.4, 0.5) is 17.5 Å². The third-order valence-electron chi connectivity index (χ3n) is 9.40. The van der Waals surface area contributed by atoms with E-state index in [1.807, 2.05) is 51.2 Å². The summed E-state index contributed by atoms with van der Waals surface area (Å²) in [7, 11) is 0. The number of carbonyl (C=O) groups is 2. The van der Waals surface area contributed by atoms with Crippen LogP contribution in [0.2, 0.25) is 0 Å². The number of nitrogens with two attached hydrogens (primary N) is 1. The van der Waals surface area contributed by atoms with Gasteiger partial charge in [0.05, 0.1) is 10.8 Å². The van der Waals surface area contributed by atoms with Gasteiger partial charge in [-0.1, -0.05) is 12.1 Å². The summed E-state index contributed by atoms with van der Waals surface area (Å²) in [5, 5.41) is 10.4. The van der Waals surface area contributed by atoms with Crippen LogP contribution < -0.4 is 21.7 Å². The van der Waals surface area contributed by atoms with Crippen LogP contribution in [0.1, 0.15) is 69.9 Å². The molecule has 2 amide bonds. The second kappa shape index (κ2) is 8.71. The van der Waals surface area contributed by atoms with Gasteiger partial charge < -0.3 is 21.7 Å². The average molecular weight is 503 g/mol. The standard InChI is InChI=1S/C29H38N6O2/c1-16-15-31-27(33-22-6-4-5-20(11-22)28(2,3)25(30)36)35-24(16)34-23-18-9-17-10-19(23)14-29(12-17,13-18)26(37)32-21-7-8-21/h4-6,11,15,17-19,21,23H,7-10,12-14H2,1-3H3,(H2,30,36)(H,32,37)(H2,31,33,34,35)/t17?,18?,19?,23-,29+. The first-order chi connectivity index (χ1) is 17.6. The van der Waals surface area contributed by atoms with Crippen LogP contribution in [-0.4, -0.2) is 33.9 Å². The molecular formula is C29H38N6O2. The Hall–Kier alpha value is -3.16. The van der Waals surface area contributed by atoms with Crippen molar-refractivity contribution in [2.24, 2.45) is 28.9 Å². The van der Waals surface area contributed by atoms with Gasteiger partial charge in [0, 0.05) is 29.5 Å².